The Morgan fingerprint density at radius 3 is 2.21 bits per heavy atom. The summed E-state index contributed by atoms with van der Waals surface area (Å²) in [7, 11) is 0. The molecular weight excluding hydrogens is 348 g/mol. The van der Waals surface area contributed by atoms with Gasteiger partial charge in [-0.3, -0.25) is 9.59 Å². The molecule has 28 heavy (non-hydrogen) atoms. The van der Waals surface area contributed by atoms with Crippen LogP contribution in [0.5, 0.6) is 5.75 Å². The van der Waals surface area contributed by atoms with Crippen LogP contribution in [0.2, 0.25) is 0 Å². The van der Waals surface area contributed by atoms with Crippen LogP contribution in [0.4, 0.5) is 0 Å². The van der Waals surface area contributed by atoms with Crippen LogP contribution in [-0.4, -0.2) is 11.6 Å². The summed E-state index contributed by atoms with van der Waals surface area (Å²) in [4.78, 5) is 24.0. The lowest BCUT2D eigenvalue weighted by molar-refractivity contribution is 0.0989. The predicted octanol–water partition coefficient (Wildman–Crippen LogP) is 5.76. The van der Waals surface area contributed by atoms with Gasteiger partial charge < -0.3 is 4.74 Å². The lowest BCUT2D eigenvalue weighted by atomic mass is 10.0. The van der Waals surface area contributed by atoms with Gasteiger partial charge in [-0.15, -0.1) is 0 Å². The van der Waals surface area contributed by atoms with Gasteiger partial charge in [-0.05, 0) is 44.0 Å². The number of carbonyl (C=O) groups excluding carboxylic acids is 2. The highest BCUT2D eigenvalue weighted by Gasteiger charge is 2.12. The molecule has 142 valence electrons. The number of hydrogen-bond acceptors (Lipinski definition) is 3. The molecule has 1 unspecified atom stereocenters. The molecule has 0 spiro atoms. The summed E-state index contributed by atoms with van der Waals surface area (Å²) in [5.41, 5.74) is 4.47. The number of benzene rings is 3. The smallest absolute Gasteiger partial charge is 0.167 e. The molecule has 3 aromatic rings. The van der Waals surface area contributed by atoms with E-state index in [2.05, 4.69) is 0 Å². The van der Waals surface area contributed by atoms with E-state index >= 15 is 0 Å². The van der Waals surface area contributed by atoms with Crippen molar-refractivity contribution in [2.75, 3.05) is 0 Å². The number of Topliss-reactive ketones (excluding diaryl/α,β-unsaturated/α-hetero) is 2. The molecule has 3 nitrogen and oxygen atoms in total. The first kappa shape index (κ1) is 19.6. The van der Waals surface area contributed by atoms with Crippen molar-refractivity contribution in [3.8, 4) is 5.75 Å². The minimum atomic E-state index is -0.191. The molecule has 0 amide bonds. The Kier molecular flexibility index (Phi) is 6.05. The summed E-state index contributed by atoms with van der Waals surface area (Å²) < 4.78 is 6.02. The van der Waals surface area contributed by atoms with Crippen LogP contribution in [0.15, 0.2) is 72.8 Å². The van der Waals surface area contributed by atoms with E-state index in [9.17, 15) is 9.59 Å². The van der Waals surface area contributed by atoms with E-state index in [0.717, 1.165) is 11.1 Å². The van der Waals surface area contributed by atoms with Crippen molar-refractivity contribution in [3.63, 3.8) is 0 Å². The monoisotopic (exact) mass is 372 g/mol. The zero-order valence-corrected chi connectivity index (χ0v) is 16.4. The number of carbonyl (C=O) groups is 2. The largest absolute Gasteiger partial charge is 0.486 e. The molecule has 0 aliphatic heterocycles. The Bertz CT molecular complexity index is 969. The summed E-state index contributed by atoms with van der Waals surface area (Å²) in [6.45, 7) is 5.53. The van der Waals surface area contributed by atoms with E-state index in [4.69, 9.17) is 4.74 Å². The van der Waals surface area contributed by atoms with Crippen molar-refractivity contribution in [1.29, 1.82) is 0 Å². The van der Waals surface area contributed by atoms with E-state index < -0.39 is 0 Å². The van der Waals surface area contributed by atoms with Gasteiger partial charge in [-0.25, -0.2) is 0 Å². The van der Waals surface area contributed by atoms with Crippen molar-refractivity contribution in [2.45, 2.75) is 33.3 Å². The fraction of sp³-hybridized carbons (Fsp3) is 0.200. The van der Waals surface area contributed by atoms with E-state index in [1.54, 1.807) is 25.1 Å². The molecule has 1 atom stereocenters. The van der Waals surface area contributed by atoms with Gasteiger partial charge >= 0.3 is 0 Å². The maximum atomic E-state index is 12.6. The fourth-order valence-electron chi connectivity index (χ4n) is 3.00. The standard InChI is InChI=1S/C25H24O3/c1-17-7-9-20(10-8-17)15-25(27)23-5-4-6-24(16-23)28-19(3)22-13-11-21(12-14-22)18(2)26/h4-14,16,19H,15H2,1-3H3. The average Bonchev–Trinajstić information content (AvgIpc) is 2.70. The Morgan fingerprint density at radius 1 is 0.893 bits per heavy atom. The van der Waals surface area contributed by atoms with Gasteiger partial charge in [0.15, 0.2) is 11.6 Å². The van der Waals surface area contributed by atoms with E-state index in [0.29, 0.717) is 23.3 Å². The molecule has 0 saturated carbocycles. The molecule has 0 fully saturated rings. The van der Waals surface area contributed by atoms with E-state index in [-0.39, 0.29) is 17.7 Å². The Morgan fingerprint density at radius 2 is 1.57 bits per heavy atom. The van der Waals surface area contributed by atoms with Crippen LogP contribution < -0.4 is 4.74 Å². The topological polar surface area (TPSA) is 43.4 Å². The Labute approximate surface area is 166 Å². The number of ether oxygens (including phenoxy) is 1. The third kappa shape index (κ3) is 4.95. The molecular formula is C25H24O3. The third-order valence-corrected chi connectivity index (χ3v) is 4.74. The van der Waals surface area contributed by atoms with Crippen LogP contribution in [0, 0.1) is 6.92 Å². The molecule has 0 aromatic heterocycles. The fourth-order valence-corrected chi connectivity index (χ4v) is 3.00. The quantitative estimate of drug-likeness (QED) is 0.495. The zero-order valence-electron chi connectivity index (χ0n) is 16.4. The van der Waals surface area contributed by atoms with E-state index in [1.807, 2.05) is 68.4 Å². The number of ketones is 2. The van der Waals surface area contributed by atoms with Crippen molar-refractivity contribution in [3.05, 3.63) is 101 Å². The molecule has 0 aliphatic carbocycles. The van der Waals surface area contributed by atoms with Gasteiger partial charge in [0.25, 0.3) is 0 Å². The van der Waals surface area contributed by atoms with Gasteiger partial charge in [0.2, 0.25) is 0 Å². The third-order valence-electron chi connectivity index (χ3n) is 4.74. The molecule has 0 N–H and O–H groups in total. The lowest BCUT2D eigenvalue weighted by Gasteiger charge is -2.16. The first-order valence-corrected chi connectivity index (χ1v) is 9.39. The highest BCUT2D eigenvalue weighted by molar-refractivity contribution is 5.97. The molecule has 0 aliphatic rings. The van der Waals surface area contributed by atoms with Crippen molar-refractivity contribution in [1.82, 2.24) is 0 Å². The maximum absolute atomic E-state index is 12.6. The van der Waals surface area contributed by atoms with Gasteiger partial charge in [-0.2, -0.15) is 0 Å². The highest BCUT2D eigenvalue weighted by atomic mass is 16.5. The summed E-state index contributed by atoms with van der Waals surface area (Å²) in [5.74, 6) is 0.755. The highest BCUT2D eigenvalue weighted by Crippen LogP contribution is 2.23. The Balaban J connectivity index is 1.69. The molecule has 0 saturated heterocycles. The minimum absolute atomic E-state index is 0.0416. The number of hydrogen-bond donors (Lipinski definition) is 0. The SMILES string of the molecule is CC(=O)c1ccc(C(C)Oc2cccc(C(=O)Cc3ccc(C)cc3)c2)cc1. The molecule has 0 heterocycles. The second-order valence-electron chi connectivity index (χ2n) is 7.05. The predicted molar refractivity (Wildman–Crippen MR) is 111 cm³/mol. The second kappa shape index (κ2) is 8.66. The second-order valence-corrected chi connectivity index (χ2v) is 7.05. The molecule has 3 aromatic carbocycles. The summed E-state index contributed by atoms with van der Waals surface area (Å²) >= 11 is 0. The maximum Gasteiger partial charge on any atom is 0.167 e. The van der Waals surface area contributed by atoms with Crippen LogP contribution in [-0.2, 0) is 6.42 Å². The van der Waals surface area contributed by atoms with Crippen molar-refractivity contribution < 1.29 is 14.3 Å². The van der Waals surface area contributed by atoms with E-state index in [1.165, 1.54) is 5.56 Å². The van der Waals surface area contributed by atoms with Gasteiger partial charge in [0.1, 0.15) is 11.9 Å². The molecule has 0 bridgehead atoms. The van der Waals surface area contributed by atoms with Crippen molar-refractivity contribution in [2.24, 2.45) is 0 Å². The van der Waals surface area contributed by atoms with Crippen LogP contribution in [0.3, 0.4) is 0 Å². The van der Waals surface area contributed by atoms with Gasteiger partial charge in [0, 0.05) is 17.5 Å². The van der Waals surface area contributed by atoms with Crippen molar-refractivity contribution >= 4 is 11.6 Å². The Hall–Kier alpha value is -3.20. The first-order valence-electron chi connectivity index (χ1n) is 9.39. The van der Waals surface area contributed by atoms with Crippen LogP contribution in [0.25, 0.3) is 0 Å². The number of aryl methyl sites for hydroxylation is 1. The minimum Gasteiger partial charge on any atom is -0.486 e. The lowest BCUT2D eigenvalue weighted by Crippen LogP contribution is -2.06. The summed E-state index contributed by atoms with van der Waals surface area (Å²) in [6, 6.07) is 22.7. The zero-order chi connectivity index (χ0) is 20.1. The molecule has 3 rings (SSSR count). The number of rotatable bonds is 7. The molecule has 0 radical (unpaired) electrons. The average molecular weight is 372 g/mol. The first-order chi connectivity index (χ1) is 13.4. The van der Waals surface area contributed by atoms with Crippen LogP contribution >= 0.6 is 0 Å². The van der Waals surface area contributed by atoms with Gasteiger partial charge in [0.05, 0.1) is 0 Å². The summed E-state index contributed by atoms with van der Waals surface area (Å²) in [5, 5.41) is 0. The molecule has 3 heteroatoms. The normalized spacial score (nSPS) is 11.7. The summed E-state index contributed by atoms with van der Waals surface area (Å²) in [6.07, 6.45) is 0.176. The van der Waals surface area contributed by atoms with Gasteiger partial charge in [-0.1, -0.05) is 66.2 Å². The van der Waals surface area contributed by atoms with Crippen LogP contribution in [0.1, 0.15) is 57.4 Å².